The van der Waals surface area contributed by atoms with E-state index in [1.54, 1.807) is 30.0 Å². The van der Waals surface area contributed by atoms with Crippen LogP contribution in [0.25, 0.3) is 0 Å². The molecule has 0 saturated heterocycles. The van der Waals surface area contributed by atoms with Crippen LogP contribution < -0.4 is 0 Å². The van der Waals surface area contributed by atoms with Crippen molar-refractivity contribution in [3.8, 4) is 0 Å². The van der Waals surface area contributed by atoms with E-state index in [0.717, 1.165) is 10.5 Å². The van der Waals surface area contributed by atoms with E-state index in [9.17, 15) is 9.90 Å². The van der Waals surface area contributed by atoms with Crippen molar-refractivity contribution in [1.82, 2.24) is 0 Å². The van der Waals surface area contributed by atoms with Crippen molar-refractivity contribution in [2.45, 2.75) is 23.4 Å². The van der Waals surface area contributed by atoms with Crippen molar-refractivity contribution in [1.29, 1.82) is 0 Å². The van der Waals surface area contributed by atoms with Gasteiger partial charge in [0.05, 0.1) is 5.92 Å². The molecule has 1 aromatic rings. The molecule has 1 aliphatic carbocycles. The monoisotopic (exact) mass is 304 g/mol. The first-order chi connectivity index (χ1) is 10.1. The average Bonchev–Trinajstić information content (AvgIpc) is 2.48. The number of aliphatic hydroxyl groups excluding tert-OH is 2. The Morgan fingerprint density at radius 1 is 1.43 bits per heavy atom. The Hall–Kier alpha value is -1.40. The number of carbonyl (C=O) groups excluding carboxylic acids is 1. The molecular weight excluding hydrogens is 288 g/mol. The lowest BCUT2D eigenvalue weighted by Crippen LogP contribution is -2.29. The predicted molar refractivity (Wildman–Crippen MR) is 79.9 cm³/mol. The van der Waals surface area contributed by atoms with Gasteiger partial charge in [0.1, 0.15) is 6.79 Å². The van der Waals surface area contributed by atoms with Crippen LogP contribution in [0.1, 0.15) is 29.1 Å². The summed E-state index contributed by atoms with van der Waals surface area (Å²) >= 11 is 1.61. The SMILES string of the molecule is CC1=CC2C(=O)c3ccc(C(O)OCO)cc3SC2C=C1. The number of benzene rings is 1. The van der Waals surface area contributed by atoms with Crippen LogP contribution >= 0.6 is 11.8 Å². The molecule has 2 aliphatic rings. The number of aliphatic hydroxyl groups is 2. The number of rotatable bonds is 3. The van der Waals surface area contributed by atoms with Gasteiger partial charge in [-0.15, -0.1) is 11.8 Å². The maximum atomic E-state index is 12.6. The first-order valence-electron chi connectivity index (χ1n) is 6.72. The van der Waals surface area contributed by atoms with Crippen LogP contribution in [0.3, 0.4) is 0 Å². The summed E-state index contributed by atoms with van der Waals surface area (Å²) in [6.07, 6.45) is 4.91. The highest BCUT2D eigenvalue weighted by atomic mass is 32.2. The highest BCUT2D eigenvalue weighted by molar-refractivity contribution is 8.00. The van der Waals surface area contributed by atoms with E-state index in [2.05, 4.69) is 6.08 Å². The van der Waals surface area contributed by atoms with E-state index in [4.69, 9.17) is 9.84 Å². The Morgan fingerprint density at radius 2 is 2.24 bits per heavy atom. The lowest BCUT2D eigenvalue weighted by Gasteiger charge is -2.30. The Labute approximate surface area is 127 Å². The molecule has 5 heteroatoms. The fourth-order valence-corrected chi connectivity index (χ4v) is 3.92. The molecule has 110 valence electrons. The first-order valence-corrected chi connectivity index (χ1v) is 7.60. The van der Waals surface area contributed by atoms with Gasteiger partial charge in [-0.25, -0.2) is 0 Å². The van der Waals surface area contributed by atoms with Crippen molar-refractivity contribution in [3.05, 3.63) is 53.1 Å². The van der Waals surface area contributed by atoms with E-state index >= 15 is 0 Å². The molecular formula is C16H16O4S. The molecule has 1 heterocycles. The molecule has 21 heavy (non-hydrogen) atoms. The lowest BCUT2D eigenvalue weighted by atomic mass is 9.88. The average molecular weight is 304 g/mol. The minimum absolute atomic E-state index is 0.0971. The quantitative estimate of drug-likeness (QED) is 0.840. The predicted octanol–water partition coefficient (Wildman–Crippen LogP) is 2.43. The molecule has 0 fully saturated rings. The van der Waals surface area contributed by atoms with E-state index in [1.807, 2.05) is 19.1 Å². The summed E-state index contributed by atoms with van der Waals surface area (Å²) in [7, 11) is 0. The fraction of sp³-hybridized carbons (Fsp3) is 0.312. The summed E-state index contributed by atoms with van der Waals surface area (Å²) in [5.41, 5.74) is 2.32. The zero-order valence-electron chi connectivity index (χ0n) is 11.5. The zero-order valence-corrected chi connectivity index (χ0v) is 12.3. The van der Waals surface area contributed by atoms with Crippen molar-refractivity contribution in [2.75, 3.05) is 6.79 Å². The minimum atomic E-state index is -1.18. The van der Waals surface area contributed by atoms with Gasteiger partial charge in [0.15, 0.2) is 12.1 Å². The number of fused-ring (bicyclic) bond motifs is 2. The van der Waals surface area contributed by atoms with Crippen molar-refractivity contribution < 1.29 is 19.7 Å². The molecule has 0 spiro atoms. The van der Waals surface area contributed by atoms with Crippen molar-refractivity contribution in [2.24, 2.45) is 5.92 Å². The van der Waals surface area contributed by atoms with E-state index < -0.39 is 13.1 Å². The first kappa shape index (κ1) is 14.5. The highest BCUT2D eigenvalue weighted by Gasteiger charge is 2.35. The van der Waals surface area contributed by atoms with Gasteiger partial charge in [0.25, 0.3) is 0 Å². The molecule has 1 aliphatic heterocycles. The Balaban J connectivity index is 1.95. The number of ketones is 1. The number of thioether (sulfide) groups is 1. The van der Waals surface area contributed by atoms with Gasteiger partial charge in [-0.1, -0.05) is 29.9 Å². The van der Waals surface area contributed by atoms with E-state index in [1.165, 1.54) is 0 Å². The van der Waals surface area contributed by atoms with Crippen LogP contribution in [0.2, 0.25) is 0 Å². The molecule has 3 atom stereocenters. The highest BCUT2D eigenvalue weighted by Crippen LogP contribution is 2.42. The lowest BCUT2D eigenvalue weighted by molar-refractivity contribution is -0.154. The summed E-state index contributed by atoms with van der Waals surface area (Å²) in [6.45, 7) is 1.44. The van der Waals surface area contributed by atoms with Crippen LogP contribution in [0.4, 0.5) is 0 Å². The molecule has 0 radical (unpaired) electrons. The van der Waals surface area contributed by atoms with Gasteiger partial charge in [-0.2, -0.15) is 0 Å². The van der Waals surface area contributed by atoms with E-state index in [0.29, 0.717) is 11.1 Å². The summed E-state index contributed by atoms with van der Waals surface area (Å²) < 4.78 is 4.76. The zero-order chi connectivity index (χ0) is 15.0. The third-order valence-electron chi connectivity index (χ3n) is 3.70. The number of ether oxygens (including phenoxy) is 1. The molecule has 0 saturated carbocycles. The summed E-state index contributed by atoms with van der Waals surface area (Å²) in [6, 6.07) is 5.14. The summed E-state index contributed by atoms with van der Waals surface area (Å²) in [4.78, 5) is 13.4. The standard InChI is InChI=1S/C16H16O4S/c1-9-2-5-13-12(6-9)15(18)11-4-3-10(7-14(11)21-13)16(19)20-8-17/h2-7,12-13,16-17,19H,8H2,1H3. The Kier molecular flexibility index (Phi) is 3.99. The van der Waals surface area contributed by atoms with Gasteiger partial charge >= 0.3 is 0 Å². The fourth-order valence-electron chi connectivity index (χ4n) is 2.62. The van der Waals surface area contributed by atoms with Gasteiger partial charge in [-0.3, -0.25) is 4.79 Å². The van der Waals surface area contributed by atoms with Gasteiger partial charge in [-0.05, 0) is 19.1 Å². The maximum absolute atomic E-state index is 12.6. The molecule has 2 N–H and O–H groups in total. The van der Waals surface area contributed by atoms with E-state index in [-0.39, 0.29) is 17.0 Å². The molecule has 0 amide bonds. The third kappa shape index (κ3) is 2.70. The largest absolute Gasteiger partial charge is 0.371 e. The van der Waals surface area contributed by atoms with Crippen molar-refractivity contribution >= 4 is 17.5 Å². The maximum Gasteiger partial charge on any atom is 0.183 e. The number of allylic oxidation sites excluding steroid dienone is 3. The van der Waals surface area contributed by atoms with Gasteiger partial charge in [0.2, 0.25) is 0 Å². The van der Waals surface area contributed by atoms with Crippen molar-refractivity contribution in [3.63, 3.8) is 0 Å². The minimum Gasteiger partial charge on any atom is -0.371 e. The molecule has 4 nitrogen and oxygen atoms in total. The second-order valence-electron chi connectivity index (χ2n) is 5.15. The molecule has 3 unspecified atom stereocenters. The number of hydrogen-bond donors (Lipinski definition) is 2. The second-order valence-corrected chi connectivity index (χ2v) is 6.37. The van der Waals surface area contributed by atoms with Crippen LogP contribution in [-0.2, 0) is 4.74 Å². The number of hydrogen-bond acceptors (Lipinski definition) is 5. The van der Waals surface area contributed by atoms with Crippen LogP contribution in [-0.4, -0.2) is 28.0 Å². The second kappa shape index (κ2) is 5.77. The topological polar surface area (TPSA) is 66.8 Å². The smallest absolute Gasteiger partial charge is 0.183 e. The molecule has 3 rings (SSSR count). The third-order valence-corrected chi connectivity index (χ3v) is 5.01. The normalized spacial score (nSPS) is 25.1. The van der Waals surface area contributed by atoms with Crippen LogP contribution in [0, 0.1) is 5.92 Å². The molecule has 0 bridgehead atoms. The molecule has 0 aromatic heterocycles. The Bertz CT molecular complexity index is 635. The summed E-state index contributed by atoms with van der Waals surface area (Å²) in [5.74, 6) is -0.00136. The Morgan fingerprint density at radius 3 is 3.00 bits per heavy atom. The molecule has 1 aromatic carbocycles. The van der Waals surface area contributed by atoms with Crippen LogP contribution in [0.5, 0.6) is 0 Å². The van der Waals surface area contributed by atoms with Gasteiger partial charge < -0.3 is 14.9 Å². The summed E-state index contributed by atoms with van der Waals surface area (Å²) in [5, 5.41) is 18.6. The van der Waals surface area contributed by atoms with Crippen LogP contribution in [0.15, 0.2) is 46.9 Å². The number of Topliss-reactive ketones (excluding diaryl/α,β-unsaturated/α-hetero) is 1. The number of carbonyl (C=O) groups is 1. The van der Waals surface area contributed by atoms with Gasteiger partial charge in [0, 0.05) is 21.3 Å².